The van der Waals surface area contributed by atoms with Crippen molar-refractivity contribution in [2.45, 2.75) is 31.3 Å². The van der Waals surface area contributed by atoms with Gasteiger partial charge in [0.2, 0.25) is 0 Å². The second-order valence-corrected chi connectivity index (χ2v) is 4.55. The van der Waals surface area contributed by atoms with Gasteiger partial charge in [0.25, 0.3) is 0 Å². The highest BCUT2D eigenvalue weighted by Gasteiger charge is 2.26. The van der Waals surface area contributed by atoms with Gasteiger partial charge in [-0.3, -0.25) is 0 Å². The van der Waals surface area contributed by atoms with E-state index in [4.69, 9.17) is 19.9 Å². The van der Waals surface area contributed by atoms with Crippen molar-refractivity contribution in [3.8, 4) is 0 Å². The van der Waals surface area contributed by atoms with Crippen LogP contribution in [-0.4, -0.2) is 33.2 Å². The lowest BCUT2D eigenvalue weighted by molar-refractivity contribution is -0.124. The largest absolute Gasteiger partial charge is 0.373 e. The topological polar surface area (TPSA) is 53.7 Å². The van der Waals surface area contributed by atoms with E-state index in [9.17, 15) is 0 Å². The predicted octanol–water partition coefficient (Wildman–Crippen LogP) is 1.64. The van der Waals surface area contributed by atoms with Crippen molar-refractivity contribution in [3.63, 3.8) is 0 Å². The number of hydrogen-bond acceptors (Lipinski definition) is 4. The second kappa shape index (κ2) is 6.29. The number of rotatable bonds is 5. The van der Waals surface area contributed by atoms with Crippen LogP contribution in [0.25, 0.3) is 0 Å². The zero-order chi connectivity index (χ0) is 13.0. The molecular weight excluding hydrogens is 230 g/mol. The quantitative estimate of drug-likeness (QED) is 0.808. The number of hydrogen-bond donors (Lipinski definition) is 1. The third-order valence-corrected chi connectivity index (χ3v) is 3.39. The van der Waals surface area contributed by atoms with Crippen LogP contribution in [-0.2, 0) is 20.6 Å². The van der Waals surface area contributed by atoms with Gasteiger partial charge in [0.05, 0.1) is 18.8 Å². The Labute approximate surface area is 108 Å². The molecule has 0 amide bonds. The van der Waals surface area contributed by atoms with E-state index in [1.54, 1.807) is 14.2 Å². The van der Waals surface area contributed by atoms with Crippen molar-refractivity contribution >= 4 is 0 Å². The normalized spacial score (nSPS) is 20.8. The molecule has 100 valence electrons. The number of fused-ring (bicyclic) bond motifs is 1. The Morgan fingerprint density at radius 2 is 2.06 bits per heavy atom. The maximum absolute atomic E-state index is 6.10. The molecule has 2 rings (SSSR count). The molecule has 18 heavy (non-hydrogen) atoms. The molecule has 0 saturated heterocycles. The fraction of sp³-hybridized carbons (Fsp3) is 0.571. The number of methoxy groups -OCH3 is 2. The molecule has 2 atom stereocenters. The summed E-state index contributed by atoms with van der Waals surface area (Å²) in [4.78, 5) is 0. The average molecular weight is 251 g/mol. The van der Waals surface area contributed by atoms with Crippen LogP contribution in [0.2, 0.25) is 0 Å². The van der Waals surface area contributed by atoms with Crippen LogP contribution >= 0.6 is 0 Å². The van der Waals surface area contributed by atoms with E-state index in [0.717, 1.165) is 13.0 Å². The monoisotopic (exact) mass is 251 g/mol. The summed E-state index contributed by atoms with van der Waals surface area (Å²) in [5, 5.41) is 0. The molecular formula is C14H21NO3. The highest BCUT2D eigenvalue weighted by Crippen LogP contribution is 2.30. The lowest BCUT2D eigenvalue weighted by Gasteiger charge is -2.30. The maximum atomic E-state index is 6.10. The van der Waals surface area contributed by atoms with Crippen LogP contribution in [0.4, 0.5) is 0 Å². The Balaban J connectivity index is 2.07. The van der Waals surface area contributed by atoms with Gasteiger partial charge in [-0.15, -0.1) is 0 Å². The van der Waals surface area contributed by atoms with Gasteiger partial charge < -0.3 is 19.9 Å². The third kappa shape index (κ3) is 2.90. The van der Waals surface area contributed by atoms with Crippen LogP contribution in [0.5, 0.6) is 0 Å². The Morgan fingerprint density at radius 3 is 2.78 bits per heavy atom. The summed E-state index contributed by atoms with van der Waals surface area (Å²) in [6, 6.07) is 8.17. The zero-order valence-corrected chi connectivity index (χ0v) is 11.0. The first kappa shape index (κ1) is 13.5. The van der Waals surface area contributed by atoms with Crippen molar-refractivity contribution < 1.29 is 14.2 Å². The molecule has 0 aliphatic carbocycles. The van der Waals surface area contributed by atoms with Crippen LogP contribution in [0.3, 0.4) is 0 Å². The minimum atomic E-state index is -0.386. The molecule has 1 aromatic rings. The third-order valence-electron chi connectivity index (χ3n) is 3.39. The first-order valence-corrected chi connectivity index (χ1v) is 6.27. The van der Waals surface area contributed by atoms with Crippen molar-refractivity contribution in [1.82, 2.24) is 0 Å². The van der Waals surface area contributed by atoms with Gasteiger partial charge in [0.15, 0.2) is 6.29 Å². The van der Waals surface area contributed by atoms with Gasteiger partial charge in [-0.1, -0.05) is 24.3 Å². The molecule has 1 heterocycles. The van der Waals surface area contributed by atoms with E-state index in [1.165, 1.54) is 11.1 Å². The Morgan fingerprint density at radius 1 is 1.33 bits per heavy atom. The molecule has 0 radical (unpaired) electrons. The van der Waals surface area contributed by atoms with Crippen molar-refractivity contribution in [3.05, 3.63) is 35.4 Å². The first-order chi connectivity index (χ1) is 8.76. The van der Waals surface area contributed by atoms with E-state index < -0.39 is 0 Å². The van der Waals surface area contributed by atoms with E-state index in [1.807, 2.05) is 6.07 Å². The molecule has 0 fully saturated rings. The standard InChI is InChI=1S/C14H21NO3/c1-16-14(17-2)12(15)9-13-11-6-4-3-5-10(11)7-8-18-13/h3-6,12-14H,7-9,15H2,1-2H3. The summed E-state index contributed by atoms with van der Waals surface area (Å²) in [5.74, 6) is 0. The summed E-state index contributed by atoms with van der Waals surface area (Å²) in [5.41, 5.74) is 8.69. The molecule has 1 aliphatic rings. The summed E-state index contributed by atoms with van der Waals surface area (Å²) < 4.78 is 16.2. The van der Waals surface area contributed by atoms with Crippen molar-refractivity contribution in [2.75, 3.05) is 20.8 Å². The summed E-state index contributed by atoms with van der Waals surface area (Å²) in [7, 11) is 3.20. The highest BCUT2D eigenvalue weighted by atomic mass is 16.7. The van der Waals surface area contributed by atoms with Crippen molar-refractivity contribution in [2.24, 2.45) is 5.73 Å². The lowest BCUT2D eigenvalue weighted by atomic mass is 9.93. The highest BCUT2D eigenvalue weighted by molar-refractivity contribution is 5.31. The van der Waals surface area contributed by atoms with Gasteiger partial charge >= 0.3 is 0 Å². The molecule has 1 aromatic carbocycles. The average Bonchev–Trinajstić information content (AvgIpc) is 2.40. The Kier molecular flexibility index (Phi) is 4.72. The Bertz CT molecular complexity index is 379. The zero-order valence-electron chi connectivity index (χ0n) is 11.0. The molecule has 4 heteroatoms. The molecule has 1 aliphatic heterocycles. The van der Waals surface area contributed by atoms with E-state index in [0.29, 0.717) is 6.42 Å². The minimum absolute atomic E-state index is 0.0396. The van der Waals surface area contributed by atoms with Crippen LogP contribution in [0.1, 0.15) is 23.7 Å². The molecule has 0 bridgehead atoms. The SMILES string of the molecule is COC(OC)C(N)CC1OCCc2ccccc21. The van der Waals surface area contributed by atoms with Crippen LogP contribution in [0, 0.1) is 0 Å². The van der Waals surface area contributed by atoms with E-state index in [2.05, 4.69) is 18.2 Å². The van der Waals surface area contributed by atoms with E-state index >= 15 is 0 Å². The fourth-order valence-electron chi connectivity index (χ4n) is 2.48. The number of ether oxygens (including phenoxy) is 3. The van der Waals surface area contributed by atoms with Crippen LogP contribution < -0.4 is 5.73 Å². The molecule has 0 saturated carbocycles. The molecule has 0 spiro atoms. The van der Waals surface area contributed by atoms with Gasteiger partial charge in [0, 0.05) is 14.2 Å². The van der Waals surface area contributed by atoms with E-state index in [-0.39, 0.29) is 18.4 Å². The van der Waals surface area contributed by atoms with Gasteiger partial charge in [0.1, 0.15) is 0 Å². The van der Waals surface area contributed by atoms with Crippen molar-refractivity contribution in [1.29, 1.82) is 0 Å². The fourth-order valence-corrected chi connectivity index (χ4v) is 2.48. The molecule has 2 N–H and O–H groups in total. The number of benzene rings is 1. The predicted molar refractivity (Wildman–Crippen MR) is 69.2 cm³/mol. The Hall–Kier alpha value is -0.940. The number of nitrogens with two attached hydrogens (primary N) is 1. The van der Waals surface area contributed by atoms with Crippen LogP contribution in [0.15, 0.2) is 24.3 Å². The first-order valence-electron chi connectivity index (χ1n) is 6.27. The molecule has 0 aromatic heterocycles. The summed E-state index contributed by atoms with van der Waals surface area (Å²) >= 11 is 0. The van der Waals surface area contributed by atoms with Gasteiger partial charge in [-0.2, -0.15) is 0 Å². The summed E-state index contributed by atoms with van der Waals surface area (Å²) in [6.07, 6.45) is 1.32. The maximum Gasteiger partial charge on any atom is 0.171 e. The summed E-state index contributed by atoms with van der Waals surface area (Å²) in [6.45, 7) is 0.749. The molecule has 2 unspecified atom stereocenters. The van der Waals surface area contributed by atoms with Gasteiger partial charge in [-0.05, 0) is 24.0 Å². The smallest absolute Gasteiger partial charge is 0.171 e. The second-order valence-electron chi connectivity index (χ2n) is 4.55. The lowest BCUT2D eigenvalue weighted by Crippen LogP contribution is -2.39. The van der Waals surface area contributed by atoms with Gasteiger partial charge in [-0.25, -0.2) is 0 Å². The molecule has 4 nitrogen and oxygen atoms in total. The minimum Gasteiger partial charge on any atom is -0.373 e.